The second kappa shape index (κ2) is 11.0. The van der Waals surface area contributed by atoms with Crippen LogP contribution in [0.1, 0.15) is 36.4 Å². The van der Waals surface area contributed by atoms with Crippen LogP contribution < -0.4 is 10.2 Å². The summed E-state index contributed by atoms with van der Waals surface area (Å²) in [5, 5.41) is 2.56. The van der Waals surface area contributed by atoms with Gasteiger partial charge in [-0.3, -0.25) is 14.4 Å². The average molecular weight is 540 g/mol. The summed E-state index contributed by atoms with van der Waals surface area (Å²) < 4.78 is 38.7. The van der Waals surface area contributed by atoms with E-state index in [4.69, 9.17) is 9.15 Å². The first-order valence-electron chi connectivity index (χ1n) is 11.7. The Labute approximate surface area is 219 Å². The van der Waals surface area contributed by atoms with Crippen molar-refractivity contribution < 1.29 is 36.7 Å². The van der Waals surface area contributed by atoms with Crippen LogP contribution in [0, 0.1) is 0 Å². The van der Waals surface area contributed by atoms with Crippen LogP contribution in [-0.2, 0) is 35.7 Å². The van der Waals surface area contributed by atoms with Crippen molar-refractivity contribution in [1.82, 2.24) is 4.31 Å². The van der Waals surface area contributed by atoms with Crippen LogP contribution in [-0.4, -0.2) is 49.1 Å². The van der Waals surface area contributed by atoms with Crippen molar-refractivity contribution in [3.8, 4) is 0 Å². The Morgan fingerprint density at radius 3 is 2.34 bits per heavy atom. The number of amides is 3. The third-order valence-electron chi connectivity index (χ3n) is 5.78. The van der Waals surface area contributed by atoms with Gasteiger partial charge < -0.3 is 14.5 Å². The Bertz CT molecular complexity index is 1450. The van der Waals surface area contributed by atoms with Crippen LogP contribution in [0.2, 0.25) is 0 Å². The zero-order valence-corrected chi connectivity index (χ0v) is 21.4. The molecular formula is C26H25N3O8S. The SMILES string of the molecule is CCOC(=O)c1ccc(N2C(=O)CC(N(Cc3ccco3)S(=O)(=O)c3ccc(NC(C)=O)cc3)C2=O)cc1. The lowest BCUT2D eigenvalue weighted by atomic mass is 10.2. The summed E-state index contributed by atoms with van der Waals surface area (Å²) in [5.74, 6) is -1.91. The number of nitrogens with zero attached hydrogens (tertiary/aromatic N) is 2. The summed E-state index contributed by atoms with van der Waals surface area (Å²) in [6, 6.07) is 13.0. The molecule has 1 N–H and O–H groups in total. The Kier molecular flexibility index (Phi) is 7.74. The van der Waals surface area contributed by atoms with Gasteiger partial charge in [0.2, 0.25) is 21.8 Å². The van der Waals surface area contributed by atoms with Gasteiger partial charge in [0.15, 0.2) is 0 Å². The lowest BCUT2D eigenvalue weighted by Crippen LogP contribution is -2.45. The van der Waals surface area contributed by atoms with Crippen molar-refractivity contribution in [2.24, 2.45) is 0 Å². The molecule has 2 heterocycles. The molecule has 2 aromatic carbocycles. The van der Waals surface area contributed by atoms with E-state index >= 15 is 0 Å². The molecule has 1 fully saturated rings. The van der Waals surface area contributed by atoms with Crippen LogP contribution in [0.4, 0.5) is 11.4 Å². The molecule has 0 spiro atoms. The molecule has 0 aliphatic carbocycles. The fourth-order valence-corrected chi connectivity index (χ4v) is 5.59. The van der Waals surface area contributed by atoms with Gasteiger partial charge in [0.05, 0.1) is 42.0 Å². The van der Waals surface area contributed by atoms with Crippen molar-refractivity contribution in [3.63, 3.8) is 0 Å². The van der Waals surface area contributed by atoms with Crippen molar-refractivity contribution in [3.05, 3.63) is 78.3 Å². The molecule has 3 aromatic rings. The topological polar surface area (TPSA) is 143 Å². The number of anilines is 2. The van der Waals surface area contributed by atoms with Gasteiger partial charge >= 0.3 is 5.97 Å². The van der Waals surface area contributed by atoms with Gasteiger partial charge in [0.1, 0.15) is 11.8 Å². The number of hydrogen-bond donors (Lipinski definition) is 1. The molecule has 1 aromatic heterocycles. The first-order valence-corrected chi connectivity index (χ1v) is 13.1. The maximum Gasteiger partial charge on any atom is 0.338 e. The molecule has 1 saturated heterocycles. The van der Waals surface area contributed by atoms with Gasteiger partial charge in [-0.2, -0.15) is 4.31 Å². The summed E-state index contributed by atoms with van der Waals surface area (Å²) >= 11 is 0. The summed E-state index contributed by atoms with van der Waals surface area (Å²) in [4.78, 5) is 50.5. The number of esters is 1. The first kappa shape index (κ1) is 26.8. The minimum atomic E-state index is -4.29. The van der Waals surface area contributed by atoms with Gasteiger partial charge in [-0.1, -0.05) is 0 Å². The Balaban J connectivity index is 1.65. The minimum absolute atomic E-state index is 0.129. The van der Waals surface area contributed by atoms with E-state index in [0.29, 0.717) is 5.69 Å². The molecule has 12 heteroatoms. The predicted octanol–water partition coefficient (Wildman–Crippen LogP) is 2.94. The van der Waals surface area contributed by atoms with Crippen LogP contribution in [0.25, 0.3) is 0 Å². The molecule has 0 radical (unpaired) electrons. The molecule has 0 saturated carbocycles. The Morgan fingerprint density at radius 1 is 1.08 bits per heavy atom. The number of carbonyl (C=O) groups excluding carboxylic acids is 4. The summed E-state index contributed by atoms with van der Waals surface area (Å²) in [5.41, 5.74) is 0.847. The molecule has 4 rings (SSSR count). The largest absolute Gasteiger partial charge is 0.468 e. The molecule has 1 unspecified atom stereocenters. The number of ether oxygens (including phenoxy) is 1. The molecule has 0 bridgehead atoms. The number of nitrogens with one attached hydrogen (secondary N) is 1. The third-order valence-corrected chi connectivity index (χ3v) is 7.65. The predicted molar refractivity (Wildman–Crippen MR) is 135 cm³/mol. The van der Waals surface area contributed by atoms with Gasteiger partial charge in [-0.25, -0.2) is 18.1 Å². The highest BCUT2D eigenvalue weighted by Gasteiger charge is 2.47. The number of benzene rings is 2. The third kappa shape index (κ3) is 5.50. The number of furan rings is 1. The van der Waals surface area contributed by atoms with Crippen LogP contribution in [0.5, 0.6) is 0 Å². The average Bonchev–Trinajstić information content (AvgIpc) is 3.50. The highest BCUT2D eigenvalue weighted by Crippen LogP contribution is 2.31. The van der Waals surface area contributed by atoms with Crippen molar-refractivity contribution in [2.75, 3.05) is 16.8 Å². The highest BCUT2D eigenvalue weighted by atomic mass is 32.2. The van der Waals surface area contributed by atoms with E-state index in [9.17, 15) is 27.6 Å². The normalized spacial score (nSPS) is 15.7. The quantitative estimate of drug-likeness (QED) is 0.323. The first-order chi connectivity index (χ1) is 18.1. The number of carbonyl (C=O) groups is 4. The van der Waals surface area contributed by atoms with Crippen LogP contribution in [0.15, 0.2) is 76.2 Å². The lowest BCUT2D eigenvalue weighted by Gasteiger charge is -2.26. The zero-order chi connectivity index (χ0) is 27.4. The zero-order valence-electron chi connectivity index (χ0n) is 20.6. The van der Waals surface area contributed by atoms with E-state index in [1.165, 1.54) is 61.7 Å². The van der Waals surface area contributed by atoms with Gasteiger partial charge in [0.25, 0.3) is 5.91 Å². The summed E-state index contributed by atoms with van der Waals surface area (Å²) in [6.07, 6.45) is 0.990. The standard InChI is InChI=1S/C26H25N3O8S/c1-3-36-26(33)18-6-10-20(11-7-18)29-24(31)15-23(25(29)32)28(16-21-5-4-14-37-21)38(34,35)22-12-8-19(9-13-22)27-17(2)30/h4-14,23H,3,15-16H2,1-2H3,(H,27,30). The van der Waals surface area contributed by atoms with E-state index in [2.05, 4.69) is 5.32 Å². The smallest absolute Gasteiger partial charge is 0.338 e. The molecule has 198 valence electrons. The molecular weight excluding hydrogens is 514 g/mol. The van der Waals surface area contributed by atoms with Crippen LogP contribution >= 0.6 is 0 Å². The Hall–Kier alpha value is -4.29. The van der Waals surface area contributed by atoms with Gasteiger partial charge in [0, 0.05) is 12.6 Å². The number of imide groups is 1. The van der Waals surface area contributed by atoms with E-state index in [-0.39, 0.29) is 47.4 Å². The van der Waals surface area contributed by atoms with Gasteiger partial charge in [-0.05, 0) is 67.6 Å². The number of hydrogen-bond acceptors (Lipinski definition) is 8. The molecule has 1 atom stereocenters. The Morgan fingerprint density at radius 2 is 1.76 bits per heavy atom. The molecule has 3 amide bonds. The summed E-state index contributed by atoms with van der Waals surface area (Å²) in [6.45, 7) is 2.91. The van der Waals surface area contributed by atoms with E-state index in [1.807, 2.05) is 0 Å². The monoisotopic (exact) mass is 539 g/mol. The molecule has 11 nitrogen and oxygen atoms in total. The molecule has 1 aliphatic rings. The van der Waals surface area contributed by atoms with Crippen molar-refractivity contribution >= 4 is 45.1 Å². The van der Waals surface area contributed by atoms with E-state index in [1.54, 1.807) is 19.1 Å². The van der Waals surface area contributed by atoms with Crippen molar-refractivity contribution in [2.45, 2.75) is 37.8 Å². The lowest BCUT2D eigenvalue weighted by molar-refractivity contribution is -0.122. The van der Waals surface area contributed by atoms with Crippen molar-refractivity contribution in [1.29, 1.82) is 0 Å². The van der Waals surface area contributed by atoms with Gasteiger partial charge in [-0.15, -0.1) is 0 Å². The van der Waals surface area contributed by atoms with E-state index in [0.717, 1.165) is 9.21 Å². The maximum atomic E-state index is 13.7. The summed E-state index contributed by atoms with van der Waals surface area (Å²) in [7, 11) is -4.29. The maximum absolute atomic E-state index is 13.7. The fraction of sp³-hybridized carbons (Fsp3) is 0.231. The number of sulfonamides is 1. The minimum Gasteiger partial charge on any atom is -0.468 e. The fourth-order valence-electron chi connectivity index (χ4n) is 4.04. The number of rotatable bonds is 9. The molecule has 38 heavy (non-hydrogen) atoms. The molecule has 1 aliphatic heterocycles. The second-order valence-corrected chi connectivity index (χ2v) is 10.3. The second-order valence-electron chi connectivity index (χ2n) is 8.39. The van der Waals surface area contributed by atoms with Crippen LogP contribution in [0.3, 0.4) is 0 Å². The highest BCUT2D eigenvalue weighted by molar-refractivity contribution is 7.89. The van der Waals surface area contributed by atoms with E-state index < -0.39 is 33.8 Å².